The number of anilines is 1. The van der Waals surface area contributed by atoms with Crippen molar-refractivity contribution < 1.29 is 32.9 Å². The third-order valence-corrected chi connectivity index (χ3v) is 5.97. The lowest BCUT2D eigenvalue weighted by atomic mass is 10.1. The highest BCUT2D eigenvalue weighted by Gasteiger charge is 2.30. The predicted molar refractivity (Wildman–Crippen MR) is 122 cm³/mol. The van der Waals surface area contributed by atoms with Crippen LogP contribution in [0, 0.1) is 29.1 Å². The van der Waals surface area contributed by atoms with Crippen LogP contribution in [0.1, 0.15) is 13.8 Å². The van der Waals surface area contributed by atoms with Gasteiger partial charge < -0.3 is 15.4 Å². The second-order valence-corrected chi connectivity index (χ2v) is 8.19. The lowest BCUT2D eigenvalue weighted by Crippen LogP contribution is -2.27. The number of rotatable bonds is 5. The van der Waals surface area contributed by atoms with Gasteiger partial charge in [-0.1, -0.05) is 6.55 Å². The third-order valence-electron chi connectivity index (χ3n) is 5.97. The smallest absolute Gasteiger partial charge is 0.246 e. The highest BCUT2D eigenvalue weighted by atomic mass is 19.2. The van der Waals surface area contributed by atoms with E-state index in [1.807, 2.05) is 0 Å². The molecule has 3 heterocycles. The molecular weight excluding hydrogens is 499 g/mol. The first kappa shape index (κ1) is 22.9. The zero-order valence-corrected chi connectivity index (χ0v) is 18.8. The van der Waals surface area contributed by atoms with Gasteiger partial charge in [-0.3, -0.25) is 4.79 Å². The first-order valence-electron chi connectivity index (χ1n) is 11.4. The van der Waals surface area contributed by atoms with E-state index in [1.54, 1.807) is 0 Å². The molecule has 5 rings (SSSR count). The largest absolute Gasteiger partial charge is 0.451 e. The van der Waals surface area contributed by atoms with E-state index in [9.17, 15) is 22.4 Å². The molecular formula is C24H17F5N6O2. The maximum Gasteiger partial charge on any atom is 0.246 e. The Morgan fingerprint density at radius 2 is 1.89 bits per heavy atom. The van der Waals surface area contributed by atoms with Crippen LogP contribution in [-0.4, -0.2) is 43.6 Å². The van der Waals surface area contributed by atoms with Crippen LogP contribution in [0.3, 0.4) is 0 Å². The van der Waals surface area contributed by atoms with Crippen molar-refractivity contribution in [3.63, 3.8) is 0 Å². The van der Waals surface area contributed by atoms with Crippen LogP contribution in [0.15, 0.2) is 43.2 Å². The number of carbonyl (C=O) groups is 1. The molecule has 1 aliphatic rings. The Labute approximate surface area is 207 Å². The molecule has 1 amide bonds. The van der Waals surface area contributed by atoms with Gasteiger partial charge in [0.15, 0.2) is 17.3 Å². The van der Waals surface area contributed by atoms with E-state index in [-0.39, 0.29) is 47.0 Å². The molecule has 0 radical (unpaired) electrons. The standard InChI is InChI=1S/C24H17F5N6O2/c1-2-17(36)34-6-5-11(9-34)35-24-18(23(30)31-10-32-24)21(33-35)13-4-3-12(7-14(13)25)37-22-19(28)15(26)8-16(27)20(22)29/h2-4,7-8,10-11H,1,5-6,9H2,(H2,30,31,32)/t11-/m1/s1/i1D/b2-1-. The van der Waals surface area contributed by atoms with Crippen LogP contribution >= 0.6 is 0 Å². The molecule has 2 aromatic heterocycles. The van der Waals surface area contributed by atoms with Crippen LogP contribution in [0.25, 0.3) is 22.3 Å². The van der Waals surface area contributed by atoms with Crippen molar-refractivity contribution in [1.82, 2.24) is 24.6 Å². The molecule has 0 bridgehead atoms. The Balaban J connectivity index is 1.52. The van der Waals surface area contributed by atoms with Crippen molar-refractivity contribution in [3.8, 4) is 22.8 Å². The quantitative estimate of drug-likeness (QED) is 0.237. The topological polar surface area (TPSA) is 99.2 Å². The number of carbonyl (C=O) groups excluding carboxylic acids is 1. The SMILES string of the molecule is [2H]/C=C\C(=O)N1CC[C@@H](n2nc(-c3ccc(Oc4c(F)c(F)cc(F)c4F)cc3F)c3c(N)ncnc32)C1. The molecule has 0 aliphatic carbocycles. The monoisotopic (exact) mass is 517 g/mol. The number of nitrogen functional groups attached to an aromatic ring is 1. The number of hydrogen-bond donors (Lipinski definition) is 1. The maximum atomic E-state index is 15.3. The molecule has 1 atom stereocenters. The Bertz CT molecular complexity index is 1590. The van der Waals surface area contributed by atoms with Crippen molar-refractivity contribution >= 4 is 22.8 Å². The van der Waals surface area contributed by atoms with E-state index in [0.29, 0.717) is 18.6 Å². The first-order chi connectivity index (χ1) is 18.2. The second-order valence-electron chi connectivity index (χ2n) is 8.19. The van der Waals surface area contributed by atoms with Crippen LogP contribution in [0.5, 0.6) is 11.5 Å². The highest BCUT2D eigenvalue weighted by molar-refractivity contribution is 5.98. The van der Waals surface area contributed by atoms with E-state index in [0.717, 1.165) is 24.8 Å². The van der Waals surface area contributed by atoms with E-state index < -0.39 is 40.6 Å². The van der Waals surface area contributed by atoms with Gasteiger partial charge in [-0.25, -0.2) is 27.8 Å². The van der Waals surface area contributed by atoms with Gasteiger partial charge in [0, 0.05) is 30.8 Å². The molecule has 1 fully saturated rings. The average Bonchev–Trinajstić information content (AvgIpc) is 3.52. The highest BCUT2D eigenvalue weighted by Crippen LogP contribution is 2.37. The number of nitrogens with zero attached hydrogens (tertiary/aromatic N) is 5. The number of fused-ring (bicyclic) bond motifs is 1. The summed E-state index contributed by atoms with van der Waals surface area (Å²) in [5.74, 6) is -9.95. The summed E-state index contributed by atoms with van der Waals surface area (Å²) >= 11 is 0. The summed E-state index contributed by atoms with van der Waals surface area (Å²) in [5, 5.41) is 4.75. The Morgan fingerprint density at radius 3 is 2.59 bits per heavy atom. The molecule has 2 aromatic carbocycles. The Morgan fingerprint density at radius 1 is 1.14 bits per heavy atom. The fraction of sp³-hybridized carbons (Fsp3) is 0.167. The number of ether oxygens (including phenoxy) is 1. The van der Waals surface area contributed by atoms with Crippen molar-refractivity contribution in [2.75, 3.05) is 18.8 Å². The molecule has 8 nitrogen and oxygen atoms in total. The predicted octanol–water partition coefficient (Wildman–Crippen LogP) is 4.52. The maximum absolute atomic E-state index is 15.3. The fourth-order valence-corrected chi connectivity index (χ4v) is 4.20. The normalized spacial score (nSPS) is 16.1. The summed E-state index contributed by atoms with van der Waals surface area (Å²) in [6.45, 7) is 1.56. The number of halogens is 5. The molecule has 190 valence electrons. The second kappa shape index (κ2) is 9.15. The van der Waals surface area contributed by atoms with Gasteiger partial charge >= 0.3 is 0 Å². The zero-order valence-electron chi connectivity index (χ0n) is 19.8. The van der Waals surface area contributed by atoms with Gasteiger partial charge in [0.25, 0.3) is 0 Å². The van der Waals surface area contributed by atoms with Gasteiger partial charge in [0.05, 0.1) is 12.8 Å². The minimum Gasteiger partial charge on any atom is -0.451 e. The summed E-state index contributed by atoms with van der Waals surface area (Å²) in [6.07, 6.45) is 2.85. The van der Waals surface area contributed by atoms with Gasteiger partial charge in [-0.2, -0.15) is 13.9 Å². The summed E-state index contributed by atoms with van der Waals surface area (Å²) < 4.78 is 83.8. The number of aromatic nitrogens is 4. The van der Waals surface area contributed by atoms with Gasteiger partial charge in [-0.15, -0.1) is 0 Å². The van der Waals surface area contributed by atoms with Gasteiger partial charge in [0.2, 0.25) is 23.3 Å². The van der Waals surface area contributed by atoms with Crippen LogP contribution in [0.2, 0.25) is 0 Å². The number of amides is 1. The number of likely N-dealkylation sites (tertiary alicyclic amines) is 1. The third kappa shape index (κ3) is 4.11. The average molecular weight is 517 g/mol. The Hall–Kier alpha value is -4.55. The van der Waals surface area contributed by atoms with Crippen LogP contribution in [0.4, 0.5) is 27.8 Å². The summed E-state index contributed by atoms with van der Waals surface area (Å²) in [4.78, 5) is 21.9. The van der Waals surface area contributed by atoms with E-state index >= 15 is 4.39 Å². The van der Waals surface area contributed by atoms with Crippen molar-refractivity contribution in [1.29, 1.82) is 0 Å². The molecule has 0 spiro atoms. The molecule has 13 heteroatoms. The van der Waals surface area contributed by atoms with Crippen molar-refractivity contribution in [2.45, 2.75) is 12.5 Å². The minimum atomic E-state index is -1.77. The lowest BCUT2D eigenvalue weighted by Gasteiger charge is -2.14. The van der Waals surface area contributed by atoms with Crippen molar-refractivity contribution in [2.24, 2.45) is 0 Å². The minimum absolute atomic E-state index is 0.0124. The fourth-order valence-electron chi connectivity index (χ4n) is 4.20. The van der Waals surface area contributed by atoms with E-state index in [4.69, 9.17) is 11.8 Å². The summed E-state index contributed by atoms with van der Waals surface area (Å²) in [6, 6.07) is 2.79. The van der Waals surface area contributed by atoms with Crippen molar-refractivity contribution in [3.05, 3.63) is 72.3 Å². The lowest BCUT2D eigenvalue weighted by molar-refractivity contribution is -0.125. The number of benzene rings is 2. The van der Waals surface area contributed by atoms with Crippen LogP contribution in [-0.2, 0) is 4.79 Å². The molecule has 1 aliphatic heterocycles. The first-order valence-corrected chi connectivity index (χ1v) is 10.8. The van der Waals surface area contributed by atoms with E-state index in [1.165, 1.54) is 22.0 Å². The number of hydrogen-bond acceptors (Lipinski definition) is 6. The van der Waals surface area contributed by atoms with E-state index in [2.05, 4.69) is 15.1 Å². The summed E-state index contributed by atoms with van der Waals surface area (Å²) in [7, 11) is 0. The molecule has 0 unspecified atom stereocenters. The van der Waals surface area contributed by atoms with Gasteiger partial charge in [-0.05, 0) is 24.6 Å². The summed E-state index contributed by atoms with van der Waals surface area (Å²) in [5.41, 5.74) is 6.33. The molecule has 0 saturated carbocycles. The molecule has 1 saturated heterocycles. The van der Waals surface area contributed by atoms with Crippen LogP contribution < -0.4 is 10.5 Å². The number of nitrogens with two attached hydrogens (primary N) is 1. The molecule has 2 N–H and O–H groups in total. The Kier molecular flexibility index (Phi) is 5.66. The zero-order chi connectivity index (χ0) is 27.1. The molecule has 37 heavy (non-hydrogen) atoms. The van der Waals surface area contributed by atoms with Gasteiger partial charge in [0.1, 0.15) is 29.4 Å². The molecule has 4 aromatic rings.